The number of hydrogen-bond acceptors (Lipinski definition) is 4. The maximum atomic E-state index is 9.44. The Morgan fingerprint density at radius 1 is 0.960 bits per heavy atom. The van der Waals surface area contributed by atoms with E-state index in [-0.39, 0.29) is 6.61 Å². The molecule has 0 spiro atoms. The van der Waals surface area contributed by atoms with Crippen LogP contribution in [0.1, 0.15) is 79.1 Å². The van der Waals surface area contributed by atoms with Crippen LogP contribution in [0.5, 0.6) is 0 Å². The molecule has 4 heteroatoms. The number of ether oxygens (including phenoxy) is 1. The molecule has 0 rings (SSSR count). The van der Waals surface area contributed by atoms with Gasteiger partial charge in [-0.2, -0.15) is 0 Å². The minimum atomic E-state index is -1.12. The highest BCUT2D eigenvalue weighted by Crippen LogP contribution is 2.19. The molecule has 0 amide bonds. The zero-order valence-corrected chi connectivity index (χ0v) is 16.9. The largest absolute Gasteiger partial charge is 0.394 e. The first-order valence-corrected chi connectivity index (χ1v) is 10.1. The van der Waals surface area contributed by atoms with Crippen molar-refractivity contribution in [3.05, 3.63) is 11.6 Å². The van der Waals surface area contributed by atoms with E-state index in [1.54, 1.807) is 0 Å². The van der Waals surface area contributed by atoms with Gasteiger partial charge in [-0.1, -0.05) is 58.1 Å². The first-order valence-electron chi connectivity index (χ1n) is 10.1. The molecule has 0 aliphatic heterocycles. The first kappa shape index (κ1) is 24.6. The summed E-state index contributed by atoms with van der Waals surface area (Å²) in [5, 5.41) is 27.3. The average molecular weight is 359 g/mol. The molecule has 150 valence electrons. The number of aliphatic hydroxyl groups excluding tert-OH is 3. The zero-order chi connectivity index (χ0) is 19.1. The van der Waals surface area contributed by atoms with Crippen LogP contribution in [-0.2, 0) is 4.74 Å². The Balaban J connectivity index is 3.59. The molecule has 0 heterocycles. The van der Waals surface area contributed by atoms with Crippen LogP contribution in [0.25, 0.3) is 0 Å². The first-order chi connectivity index (χ1) is 11.9. The van der Waals surface area contributed by atoms with E-state index in [1.165, 1.54) is 44.1 Å². The van der Waals surface area contributed by atoms with Crippen molar-refractivity contribution in [1.82, 2.24) is 0 Å². The predicted octanol–water partition coefficient (Wildman–Crippen LogP) is 4.08. The highest BCUT2D eigenvalue weighted by Gasteiger charge is 2.14. The fourth-order valence-corrected chi connectivity index (χ4v) is 2.82. The van der Waals surface area contributed by atoms with Crippen LogP contribution in [0.4, 0.5) is 0 Å². The third-order valence-corrected chi connectivity index (χ3v) is 4.65. The third kappa shape index (κ3) is 15.5. The van der Waals surface area contributed by atoms with Crippen LogP contribution in [0.15, 0.2) is 11.6 Å². The molecule has 3 unspecified atom stereocenters. The van der Waals surface area contributed by atoms with Crippen LogP contribution in [0.3, 0.4) is 0 Å². The molecule has 0 fully saturated rings. The summed E-state index contributed by atoms with van der Waals surface area (Å²) in [6.45, 7) is 9.35. The summed E-state index contributed by atoms with van der Waals surface area (Å²) in [6, 6.07) is 0. The monoisotopic (exact) mass is 358 g/mol. The fourth-order valence-electron chi connectivity index (χ4n) is 2.82. The quantitative estimate of drug-likeness (QED) is 0.287. The van der Waals surface area contributed by atoms with Crippen LogP contribution < -0.4 is 0 Å². The van der Waals surface area contributed by atoms with Gasteiger partial charge in [0, 0.05) is 6.61 Å². The fraction of sp³-hybridized carbons (Fsp3) is 0.905. The van der Waals surface area contributed by atoms with E-state index in [4.69, 9.17) is 9.84 Å². The smallest absolute Gasteiger partial charge is 0.105 e. The van der Waals surface area contributed by atoms with Gasteiger partial charge < -0.3 is 20.1 Å². The summed E-state index contributed by atoms with van der Waals surface area (Å²) in [4.78, 5) is 0. The highest BCUT2D eigenvalue weighted by molar-refractivity contribution is 4.97. The van der Waals surface area contributed by atoms with Gasteiger partial charge in [0.15, 0.2) is 0 Å². The van der Waals surface area contributed by atoms with Crippen LogP contribution >= 0.6 is 0 Å². The standard InChI is InChI=1S/C21H42O4/c1-17(2)9-7-11-19(4)13-8-12-18(3)10-5-6-14-25-16-21(24)20(23)15-22/h10,17,19-24H,5-9,11-16H2,1-4H3. The molecule has 3 N–H and O–H groups in total. The Morgan fingerprint density at radius 3 is 2.28 bits per heavy atom. The second-order valence-corrected chi connectivity index (χ2v) is 7.91. The molecular formula is C21H42O4. The third-order valence-electron chi connectivity index (χ3n) is 4.65. The molecule has 0 aliphatic carbocycles. The molecule has 0 aromatic carbocycles. The second kappa shape index (κ2) is 15.8. The zero-order valence-electron chi connectivity index (χ0n) is 16.9. The van der Waals surface area contributed by atoms with Gasteiger partial charge in [0.1, 0.15) is 12.2 Å². The van der Waals surface area contributed by atoms with E-state index in [9.17, 15) is 10.2 Å². The minimum absolute atomic E-state index is 0.0686. The summed E-state index contributed by atoms with van der Waals surface area (Å²) < 4.78 is 5.32. The molecule has 25 heavy (non-hydrogen) atoms. The summed E-state index contributed by atoms with van der Waals surface area (Å²) >= 11 is 0. The van der Waals surface area contributed by atoms with Crippen molar-refractivity contribution in [3.8, 4) is 0 Å². The van der Waals surface area contributed by atoms with Crippen molar-refractivity contribution in [3.63, 3.8) is 0 Å². The van der Waals surface area contributed by atoms with E-state index in [0.29, 0.717) is 6.61 Å². The molecular weight excluding hydrogens is 316 g/mol. The molecule has 0 saturated heterocycles. The topological polar surface area (TPSA) is 69.9 Å². The van der Waals surface area contributed by atoms with Gasteiger partial charge in [-0.25, -0.2) is 0 Å². The second-order valence-electron chi connectivity index (χ2n) is 7.91. The van der Waals surface area contributed by atoms with E-state index < -0.39 is 18.8 Å². The van der Waals surface area contributed by atoms with Crippen molar-refractivity contribution in [2.75, 3.05) is 19.8 Å². The number of allylic oxidation sites excluding steroid dienone is 2. The van der Waals surface area contributed by atoms with Gasteiger partial charge in [0.25, 0.3) is 0 Å². The molecule has 3 atom stereocenters. The highest BCUT2D eigenvalue weighted by atomic mass is 16.5. The minimum Gasteiger partial charge on any atom is -0.394 e. The Morgan fingerprint density at radius 2 is 1.64 bits per heavy atom. The molecule has 0 aromatic rings. The number of rotatable bonds is 16. The van der Waals surface area contributed by atoms with Crippen molar-refractivity contribution in [2.45, 2.75) is 91.3 Å². The molecule has 0 saturated carbocycles. The lowest BCUT2D eigenvalue weighted by atomic mass is 9.94. The molecule has 0 radical (unpaired) electrons. The number of aliphatic hydroxyl groups is 3. The average Bonchev–Trinajstić information content (AvgIpc) is 2.56. The van der Waals surface area contributed by atoms with Crippen LogP contribution in [0, 0.1) is 11.8 Å². The summed E-state index contributed by atoms with van der Waals surface area (Å²) in [7, 11) is 0. The lowest BCUT2D eigenvalue weighted by molar-refractivity contribution is -0.0568. The molecule has 0 aliphatic rings. The van der Waals surface area contributed by atoms with Gasteiger partial charge in [-0.15, -0.1) is 0 Å². The summed E-state index contributed by atoms with van der Waals surface area (Å²) in [6.07, 6.45) is 9.88. The number of hydrogen-bond donors (Lipinski definition) is 3. The van der Waals surface area contributed by atoms with Gasteiger partial charge in [0.2, 0.25) is 0 Å². The van der Waals surface area contributed by atoms with Crippen LogP contribution in [-0.4, -0.2) is 47.3 Å². The van der Waals surface area contributed by atoms with Crippen molar-refractivity contribution < 1.29 is 20.1 Å². The van der Waals surface area contributed by atoms with Crippen molar-refractivity contribution in [2.24, 2.45) is 11.8 Å². The lowest BCUT2D eigenvalue weighted by Gasteiger charge is -2.15. The molecule has 0 aromatic heterocycles. The van der Waals surface area contributed by atoms with Gasteiger partial charge in [-0.3, -0.25) is 0 Å². The molecule has 0 bridgehead atoms. The van der Waals surface area contributed by atoms with E-state index in [2.05, 4.69) is 33.8 Å². The van der Waals surface area contributed by atoms with Gasteiger partial charge in [-0.05, 0) is 44.4 Å². The lowest BCUT2D eigenvalue weighted by Crippen LogP contribution is -2.33. The van der Waals surface area contributed by atoms with Crippen LogP contribution in [0.2, 0.25) is 0 Å². The normalized spacial score (nSPS) is 16.2. The maximum absolute atomic E-state index is 9.44. The molecule has 4 nitrogen and oxygen atoms in total. The van der Waals surface area contributed by atoms with Gasteiger partial charge >= 0.3 is 0 Å². The Labute approximate surface area is 155 Å². The Bertz CT molecular complexity index is 328. The van der Waals surface area contributed by atoms with Gasteiger partial charge in [0.05, 0.1) is 13.2 Å². The van der Waals surface area contributed by atoms with E-state index in [0.717, 1.165) is 24.7 Å². The van der Waals surface area contributed by atoms with Crippen molar-refractivity contribution in [1.29, 1.82) is 0 Å². The maximum Gasteiger partial charge on any atom is 0.105 e. The SMILES string of the molecule is CC(=CCCCOCC(O)C(O)CO)CCCC(C)CCCC(C)C. The van der Waals surface area contributed by atoms with E-state index in [1.807, 2.05) is 0 Å². The Kier molecular flexibility index (Phi) is 15.5. The summed E-state index contributed by atoms with van der Waals surface area (Å²) in [5.74, 6) is 1.66. The van der Waals surface area contributed by atoms with Crippen molar-refractivity contribution >= 4 is 0 Å². The predicted molar refractivity (Wildman–Crippen MR) is 105 cm³/mol. The Hall–Kier alpha value is -0.420. The summed E-state index contributed by atoms with van der Waals surface area (Å²) in [5.41, 5.74) is 1.45. The number of unbranched alkanes of at least 4 members (excludes halogenated alkanes) is 1. The van der Waals surface area contributed by atoms with E-state index >= 15 is 0 Å².